The first-order valence-electron chi connectivity index (χ1n) is 8.71. The first kappa shape index (κ1) is 16.4. The van der Waals surface area contributed by atoms with Crippen molar-refractivity contribution in [2.45, 2.75) is 26.2 Å². The van der Waals surface area contributed by atoms with Crippen molar-refractivity contribution < 1.29 is 9.53 Å². The maximum Gasteiger partial charge on any atom is 0.236 e. The van der Waals surface area contributed by atoms with E-state index >= 15 is 0 Å². The lowest BCUT2D eigenvalue weighted by Crippen LogP contribution is -2.47. The molecule has 0 aliphatic carbocycles. The van der Waals surface area contributed by atoms with Crippen molar-refractivity contribution in [3.63, 3.8) is 0 Å². The van der Waals surface area contributed by atoms with Crippen LogP contribution in [0.1, 0.15) is 24.2 Å². The minimum absolute atomic E-state index is 0.272. The number of carbonyl (C=O) groups is 1. The number of pyridine rings is 1. The van der Waals surface area contributed by atoms with Gasteiger partial charge in [-0.1, -0.05) is 6.07 Å². The van der Waals surface area contributed by atoms with Gasteiger partial charge in [-0.25, -0.2) is 0 Å². The van der Waals surface area contributed by atoms with E-state index in [2.05, 4.69) is 26.9 Å². The summed E-state index contributed by atoms with van der Waals surface area (Å²) in [5, 5.41) is 0. The Hall–Kier alpha value is -1.46. The molecule has 2 fully saturated rings. The second kappa shape index (κ2) is 7.88. The van der Waals surface area contributed by atoms with Gasteiger partial charge in [0.1, 0.15) is 0 Å². The van der Waals surface area contributed by atoms with Gasteiger partial charge in [-0.3, -0.25) is 14.7 Å². The summed E-state index contributed by atoms with van der Waals surface area (Å²) in [5.41, 5.74) is 2.22. The van der Waals surface area contributed by atoms with Crippen molar-refractivity contribution in [2.24, 2.45) is 5.92 Å². The van der Waals surface area contributed by atoms with Gasteiger partial charge in [-0.05, 0) is 44.2 Å². The predicted molar refractivity (Wildman–Crippen MR) is 89.2 cm³/mol. The van der Waals surface area contributed by atoms with E-state index in [1.54, 1.807) is 0 Å². The summed E-state index contributed by atoms with van der Waals surface area (Å²) in [4.78, 5) is 21.4. The van der Waals surface area contributed by atoms with Gasteiger partial charge < -0.3 is 9.64 Å². The zero-order chi connectivity index (χ0) is 16.1. The molecule has 5 nitrogen and oxygen atoms in total. The van der Waals surface area contributed by atoms with Crippen LogP contribution in [0.4, 0.5) is 0 Å². The highest BCUT2D eigenvalue weighted by molar-refractivity contribution is 5.78. The Balaban J connectivity index is 1.52. The lowest BCUT2D eigenvalue weighted by Gasteiger charge is -2.35. The molecular weight excluding hydrogens is 290 g/mol. The number of aromatic nitrogens is 1. The monoisotopic (exact) mass is 317 g/mol. The molecule has 0 saturated carbocycles. The molecule has 5 heteroatoms. The molecule has 1 aromatic heterocycles. The zero-order valence-corrected chi connectivity index (χ0v) is 14.0. The normalized spacial score (nSPS) is 23.0. The Morgan fingerprint density at radius 2 is 2.13 bits per heavy atom. The maximum atomic E-state index is 12.5. The molecule has 0 aromatic carbocycles. The topological polar surface area (TPSA) is 45.7 Å². The third-order valence-corrected chi connectivity index (χ3v) is 4.78. The Labute approximate surface area is 138 Å². The molecule has 23 heavy (non-hydrogen) atoms. The molecule has 2 saturated heterocycles. The van der Waals surface area contributed by atoms with Crippen LogP contribution in [-0.2, 0) is 16.0 Å². The predicted octanol–water partition coefficient (Wildman–Crippen LogP) is 1.50. The van der Waals surface area contributed by atoms with Gasteiger partial charge in [0, 0.05) is 37.6 Å². The van der Waals surface area contributed by atoms with Crippen LogP contribution in [-0.4, -0.2) is 66.6 Å². The number of nitrogens with zero attached hydrogens (tertiary/aromatic N) is 3. The SMILES string of the molecule is Cc1cccc(C[C@H]2CCCN(C(=O)CN3CCOCC3)C2)n1. The molecule has 3 heterocycles. The molecule has 0 radical (unpaired) electrons. The molecule has 1 amide bonds. The van der Waals surface area contributed by atoms with E-state index in [1.807, 2.05) is 13.0 Å². The van der Waals surface area contributed by atoms with E-state index in [0.717, 1.165) is 63.6 Å². The first-order chi connectivity index (χ1) is 11.2. The molecule has 0 spiro atoms. The smallest absolute Gasteiger partial charge is 0.236 e. The minimum atomic E-state index is 0.272. The number of ether oxygens (including phenoxy) is 1. The fourth-order valence-corrected chi connectivity index (χ4v) is 3.52. The molecular formula is C18H27N3O2. The van der Waals surface area contributed by atoms with Crippen LogP contribution in [0.15, 0.2) is 18.2 Å². The van der Waals surface area contributed by atoms with Crippen LogP contribution in [0, 0.1) is 12.8 Å². The number of aryl methyl sites for hydroxylation is 1. The van der Waals surface area contributed by atoms with E-state index in [0.29, 0.717) is 12.5 Å². The molecule has 0 unspecified atom stereocenters. The fraction of sp³-hybridized carbons (Fsp3) is 0.667. The van der Waals surface area contributed by atoms with Crippen molar-refractivity contribution >= 4 is 5.91 Å². The summed E-state index contributed by atoms with van der Waals surface area (Å²) in [7, 11) is 0. The number of hydrogen-bond donors (Lipinski definition) is 0. The van der Waals surface area contributed by atoms with Gasteiger partial charge in [-0.2, -0.15) is 0 Å². The highest BCUT2D eigenvalue weighted by Crippen LogP contribution is 2.20. The van der Waals surface area contributed by atoms with Gasteiger partial charge in [0.05, 0.1) is 19.8 Å². The number of amides is 1. The fourth-order valence-electron chi connectivity index (χ4n) is 3.52. The summed E-state index contributed by atoms with van der Waals surface area (Å²) in [6, 6.07) is 6.20. The van der Waals surface area contributed by atoms with Crippen molar-refractivity contribution in [2.75, 3.05) is 45.9 Å². The second-order valence-corrected chi connectivity index (χ2v) is 6.71. The number of hydrogen-bond acceptors (Lipinski definition) is 4. The van der Waals surface area contributed by atoms with Crippen LogP contribution in [0.5, 0.6) is 0 Å². The largest absolute Gasteiger partial charge is 0.379 e. The lowest BCUT2D eigenvalue weighted by molar-refractivity contribution is -0.135. The number of rotatable bonds is 4. The van der Waals surface area contributed by atoms with Gasteiger partial charge in [0.2, 0.25) is 5.91 Å². The van der Waals surface area contributed by atoms with Crippen LogP contribution in [0.3, 0.4) is 0 Å². The highest BCUT2D eigenvalue weighted by Gasteiger charge is 2.25. The molecule has 1 aromatic rings. The maximum absolute atomic E-state index is 12.5. The lowest BCUT2D eigenvalue weighted by atomic mass is 9.93. The third kappa shape index (κ3) is 4.75. The van der Waals surface area contributed by atoms with Crippen molar-refractivity contribution in [1.29, 1.82) is 0 Å². The van der Waals surface area contributed by atoms with E-state index in [4.69, 9.17) is 4.74 Å². The van der Waals surface area contributed by atoms with E-state index < -0.39 is 0 Å². The minimum Gasteiger partial charge on any atom is -0.379 e. The van der Waals surface area contributed by atoms with E-state index in [-0.39, 0.29) is 5.91 Å². The molecule has 0 bridgehead atoms. The Bertz CT molecular complexity index is 529. The van der Waals surface area contributed by atoms with E-state index in [1.165, 1.54) is 6.42 Å². The van der Waals surface area contributed by atoms with Crippen LogP contribution < -0.4 is 0 Å². The molecule has 126 valence electrons. The van der Waals surface area contributed by atoms with Gasteiger partial charge >= 0.3 is 0 Å². The third-order valence-electron chi connectivity index (χ3n) is 4.78. The summed E-state index contributed by atoms with van der Waals surface area (Å²) in [6.07, 6.45) is 3.27. The van der Waals surface area contributed by atoms with Crippen molar-refractivity contribution in [1.82, 2.24) is 14.8 Å². The number of morpholine rings is 1. The van der Waals surface area contributed by atoms with Crippen LogP contribution in [0.2, 0.25) is 0 Å². The summed E-state index contributed by atoms with van der Waals surface area (Å²) >= 11 is 0. The van der Waals surface area contributed by atoms with Gasteiger partial charge in [0.15, 0.2) is 0 Å². The second-order valence-electron chi connectivity index (χ2n) is 6.71. The van der Waals surface area contributed by atoms with Crippen molar-refractivity contribution in [3.05, 3.63) is 29.6 Å². The van der Waals surface area contributed by atoms with Crippen molar-refractivity contribution in [3.8, 4) is 0 Å². The Morgan fingerprint density at radius 1 is 1.30 bits per heavy atom. The number of piperidine rings is 1. The Morgan fingerprint density at radius 3 is 2.91 bits per heavy atom. The highest BCUT2D eigenvalue weighted by atomic mass is 16.5. The molecule has 0 N–H and O–H groups in total. The average Bonchev–Trinajstić information content (AvgIpc) is 2.56. The molecule has 3 rings (SSSR count). The Kier molecular flexibility index (Phi) is 5.62. The quantitative estimate of drug-likeness (QED) is 0.844. The van der Waals surface area contributed by atoms with E-state index in [9.17, 15) is 4.79 Å². The number of carbonyl (C=O) groups excluding carboxylic acids is 1. The van der Waals surface area contributed by atoms with Gasteiger partial charge in [0.25, 0.3) is 0 Å². The molecule has 2 aliphatic heterocycles. The van der Waals surface area contributed by atoms with Gasteiger partial charge in [-0.15, -0.1) is 0 Å². The summed E-state index contributed by atoms with van der Waals surface area (Å²) < 4.78 is 5.35. The van der Waals surface area contributed by atoms with Crippen LogP contribution >= 0.6 is 0 Å². The van der Waals surface area contributed by atoms with Crippen LogP contribution in [0.25, 0.3) is 0 Å². The zero-order valence-electron chi connectivity index (χ0n) is 14.0. The molecule has 2 aliphatic rings. The summed E-state index contributed by atoms with van der Waals surface area (Å²) in [5.74, 6) is 0.806. The standard InChI is InChI=1S/C18H27N3O2/c1-15-4-2-6-17(19-15)12-16-5-3-7-21(13-16)18(22)14-20-8-10-23-11-9-20/h2,4,6,16H,3,5,7-14H2,1H3/t16-/m1/s1. The first-order valence-corrected chi connectivity index (χ1v) is 8.71. The number of likely N-dealkylation sites (tertiary alicyclic amines) is 1. The summed E-state index contributed by atoms with van der Waals surface area (Å²) in [6.45, 7) is 7.58. The molecule has 1 atom stereocenters. The average molecular weight is 317 g/mol.